The molecule has 0 aliphatic carbocycles. The number of nitrogens with one attached hydrogen (secondary N) is 1. The standard InChI is InChI=1S/C10H10FN3O3S/c11-9-2-1-8(5-7(9)6-12)18(16,17)14-4-3-10(13)15/h1-2,5,14H,3-4H2,(H2,13,15). The average molecular weight is 271 g/mol. The fourth-order valence-corrected chi connectivity index (χ4v) is 2.21. The molecule has 0 bridgehead atoms. The molecule has 0 radical (unpaired) electrons. The van der Waals surface area contributed by atoms with Gasteiger partial charge in [0.25, 0.3) is 0 Å². The summed E-state index contributed by atoms with van der Waals surface area (Å²) in [4.78, 5) is 10.2. The van der Waals surface area contributed by atoms with Gasteiger partial charge in [0.15, 0.2) is 0 Å². The van der Waals surface area contributed by atoms with E-state index in [0.717, 1.165) is 18.2 Å². The summed E-state index contributed by atoms with van der Waals surface area (Å²) >= 11 is 0. The molecule has 0 fully saturated rings. The van der Waals surface area contributed by atoms with Crippen molar-refractivity contribution < 1.29 is 17.6 Å². The molecule has 8 heteroatoms. The lowest BCUT2D eigenvalue weighted by Gasteiger charge is -2.06. The zero-order chi connectivity index (χ0) is 13.8. The van der Waals surface area contributed by atoms with Crippen LogP contribution < -0.4 is 10.5 Å². The summed E-state index contributed by atoms with van der Waals surface area (Å²) in [5.41, 5.74) is 4.49. The van der Waals surface area contributed by atoms with E-state index in [1.807, 2.05) is 0 Å². The Bertz CT molecular complexity index is 607. The van der Waals surface area contributed by atoms with Gasteiger partial charge in [0.2, 0.25) is 15.9 Å². The summed E-state index contributed by atoms with van der Waals surface area (Å²) in [6, 6.07) is 4.38. The van der Waals surface area contributed by atoms with Crippen LogP contribution in [0.2, 0.25) is 0 Å². The van der Waals surface area contributed by atoms with Crippen molar-refractivity contribution in [1.29, 1.82) is 5.26 Å². The molecule has 96 valence electrons. The number of nitrogens with two attached hydrogens (primary N) is 1. The monoisotopic (exact) mass is 271 g/mol. The molecule has 0 spiro atoms. The van der Waals surface area contributed by atoms with E-state index >= 15 is 0 Å². The molecule has 0 saturated carbocycles. The first-order valence-electron chi connectivity index (χ1n) is 4.84. The number of benzene rings is 1. The van der Waals surface area contributed by atoms with Crippen LogP contribution in [0.25, 0.3) is 0 Å². The average Bonchev–Trinajstić information content (AvgIpc) is 2.28. The number of nitriles is 1. The molecule has 0 aliphatic rings. The summed E-state index contributed by atoms with van der Waals surface area (Å²) in [5, 5.41) is 8.59. The summed E-state index contributed by atoms with van der Waals surface area (Å²) in [7, 11) is -3.88. The van der Waals surface area contributed by atoms with Crippen molar-refractivity contribution in [3.8, 4) is 6.07 Å². The van der Waals surface area contributed by atoms with Crippen molar-refractivity contribution in [2.24, 2.45) is 5.73 Å². The van der Waals surface area contributed by atoms with E-state index in [0.29, 0.717) is 0 Å². The molecule has 6 nitrogen and oxygen atoms in total. The summed E-state index contributed by atoms with van der Waals surface area (Å²) < 4.78 is 38.5. The maximum atomic E-state index is 13.0. The fraction of sp³-hybridized carbons (Fsp3) is 0.200. The van der Waals surface area contributed by atoms with E-state index in [2.05, 4.69) is 4.72 Å². The molecular weight excluding hydrogens is 261 g/mol. The van der Waals surface area contributed by atoms with Crippen LogP contribution in [0.1, 0.15) is 12.0 Å². The summed E-state index contributed by atoms with van der Waals surface area (Å²) in [6.45, 7) is -0.156. The molecule has 0 heterocycles. The largest absolute Gasteiger partial charge is 0.370 e. The number of hydrogen-bond acceptors (Lipinski definition) is 4. The molecule has 1 aromatic carbocycles. The number of nitrogens with zero attached hydrogens (tertiary/aromatic N) is 1. The van der Waals surface area contributed by atoms with Gasteiger partial charge in [-0.25, -0.2) is 17.5 Å². The van der Waals surface area contributed by atoms with Crippen molar-refractivity contribution in [2.45, 2.75) is 11.3 Å². The maximum absolute atomic E-state index is 13.0. The predicted octanol–water partition coefficient (Wildman–Crippen LogP) is -0.149. The minimum Gasteiger partial charge on any atom is -0.370 e. The van der Waals surface area contributed by atoms with Gasteiger partial charge in [0, 0.05) is 13.0 Å². The molecule has 0 atom stereocenters. The highest BCUT2D eigenvalue weighted by molar-refractivity contribution is 7.89. The van der Waals surface area contributed by atoms with Crippen LogP contribution in [0.5, 0.6) is 0 Å². The van der Waals surface area contributed by atoms with Gasteiger partial charge in [-0.1, -0.05) is 0 Å². The molecular formula is C10H10FN3O3S. The molecule has 3 N–H and O–H groups in total. The van der Waals surface area contributed by atoms with E-state index in [1.54, 1.807) is 6.07 Å². The summed E-state index contributed by atoms with van der Waals surface area (Å²) in [6.07, 6.45) is -0.147. The van der Waals surface area contributed by atoms with Gasteiger partial charge in [0.05, 0.1) is 10.5 Å². The molecule has 1 aromatic rings. The zero-order valence-corrected chi connectivity index (χ0v) is 10.00. The van der Waals surface area contributed by atoms with Gasteiger partial charge < -0.3 is 5.73 Å². The second-order valence-electron chi connectivity index (χ2n) is 3.37. The lowest BCUT2D eigenvalue weighted by Crippen LogP contribution is -2.28. The van der Waals surface area contributed by atoms with Crippen molar-refractivity contribution in [3.63, 3.8) is 0 Å². The maximum Gasteiger partial charge on any atom is 0.240 e. The van der Waals surface area contributed by atoms with Crippen LogP contribution in [0.4, 0.5) is 4.39 Å². The van der Waals surface area contributed by atoms with Crippen LogP contribution in [-0.2, 0) is 14.8 Å². The number of hydrogen-bond donors (Lipinski definition) is 2. The number of carbonyl (C=O) groups excluding carboxylic acids is 1. The number of sulfonamides is 1. The van der Waals surface area contributed by atoms with Gasteiger partial charge in [-0.3, -0.25) is 4.79 Å². The van der Waals surface area contributed by atoms with Crippen molar-refractivity contribution in [1.82, 2.24) is 4.72 Å². The summed E-state index contributed by atoms with van der Waals surface area (Å²) in [5.74, 6) is -1.44. The zero-order valence-electron chi connectivity index (χ0n) is 9.18. The molecule has 0 aromatic heterocycles. The third kappa shape index (κ3) is 3.51. The lowest BCUT2D eigenvalue weighted by molar-refractivity contribution is -0.117. The topological polar surface area (TPSA) is 113 Å². The van der Waals surface area contributed by atoms with Crippen LogP contribution in [0.3, 0.4) is 0 Å². The second-order valence-corrected chi connectivity index (χ2v) is 5.13. The second kappa shape index (κ2) is 5.57. The van der Waals surface area contributed by atoms with E-state index in [9.17, 15) is 17.6 Å². The van der Waals surface area contributed by atoms with Gasteiger partial charge in [0.1, 0.15) is 11.9 Å². The van der Waals surface area contributed by atoms with E-state index in [1.165, 1.54) is 0 Å². The smallest absolute Gasteiger partial charge is 0.240 e. The van der Waals surface area contributed by atoms with E-state index in [4.69, 9.17) is 11.0 Å². The SMILES string of the molecule is N#Cc1cc(S(=O)(=O)NCCC(N)=O)ccc1F. The van der Waals surface area contributed by atoms with Gasteiger partial charge in [-0.15, -0.1) is 0 Å². The normalized spacial score (nSPS) is 10.9. The first-order chi connectivity index (χ1) is 8.36. The Morgan fingerprint density at radius 1 is 1.50 bits per heavy atom. The van der Waals surface area contributed by atoms with Gasteiger partial charge in [-0.05, 0) is 18.2 Å². The molecule has 0 saturated heterocycles. The number of halogens is 1. The minimum absolute atomic E-state index is 0.147. The molecule has 18 heavy (non-hydrogen) atoms. The van der Waals surface area contributed by atoms with E-state index < -0.39 is 21.7 Å². The molecule has 0 unspecified atom stereocenters. The first kappa shape index (κ1) is 14.1. The third-order valence-corrected chi connectivity index (χ3v) is 3.49. The lowest BCUT2D eigenvalue weighted by atomic mass is 10.2. The first-order valence-corrected chi connectivity index (χ1v) is 6.33. The van der Waals surface area contributed by atoms with Gasteiger partial charge in [-0.2, -0.15) is 5.26 Å². The van der Waals surface area contributed by atoms with Crippen molar-refractivity contribution >= 4 is 15.9 Å². The predicted molar refractivity (Wildman–Crippen MR) is 60.1 cm³/mol. The molecule has 0 aliphatic heterocycles. The minimum atomic E-state index is -3.88. The number of primary amides is 1. The third-order valence-electron chi connectivity index (χ3n) is 2.03. The number of carbonyl (C=O) groups is 1. The Balaban J connectivity index is 2.92. The van der Waals surface area contributed by atoms with Gasteiger partial charge >= 0.3 is 0 Å². The highest BCUT2D eigenvalue weighted by Gasteiger charge is 2.16. The van der Waals surface area contributed by atoms with Crippen LogP contribution >= 0.6 is 0 Å². The molecule has 1 rings (SSSR count). The Morgan fingerprint density at radius 2 is 2.17 bits per heavy atom. The Kier molecular flexibility index (Phi) is 4.36. The Hall–Kier alpha value is -1.98. The number of amides is 1. The van der Waals surface area contributed by atoms with Crippen molar-refractivity contribution in [2.75, 3.05) is 6.54 Å². The van der Waals surface area contributed by atoms with Crippen molar-refractivity contribution in [3.05, 3.63) is 29.6 Å². The highest BCUT2D eigenvalue weighted by atomic mass is 32.2. The van der Waals surface area contributed by atoms with Crippen LogP contribution in [0.15, 0.2) is 23.1 Å². The van der Waals surface area contributed by atoms with Crippen LogP contribution in [-0.4, -0.2) is 20.9 Å². The fourth-order valence-electron chi connectivity index (χ4n) is 1.15. The highest BCUT2D eigenvalue weighted by Crippen LogP contribution is 2.14. The Labute approximate surface area is 103 Å². The Morgan fingerprint density at radius 3 is 2.72 bits per heavy atom. The van der Waals surface area contributed by atoms with Crippen LogP contribution in [0, 0.1) is 17.1 Å². The van der Waals surface area contributed by atoms with E-state index in [-0.39, 0.29) is 23.4 Å². The number of rotatable bonds is 5. The molecule has 1 amide bonds. The quantitative estimate of drug-likeness (QED) is 0.775.